The van der Waals surface area contributed by atoms with E-state index in [0.29, 0.717) is 6.54 Å². The van der Waals surface area contributed by atoms with E-state index < -0.39 is 17.0 Å². The Morgan fingerprint density at radius 2 is 2.06 bits per heavy atom. The number of alkyl halides is 3. The number of carbonyl (C=O) groups excluding carboxylic acids is 1. The van der Waals surface area contributed by atoms with Gasteiger partial charge in [-0.25, -0.2) is 0 Å². The molecule has 1 saturated heterocycles. The van der Waals surface area contributed by atoms with Crippen LogP contribution in [0, 0.1) is 16.7 Å². The first-order valence-electron chi connectivity index (χ1n) is 5.79. The van der Waals surface area contributed by atoms with E-state index in [1.54, 1.807) is 13.8 Å². The minimum Gasteiger partial charge on any atom is -0.355 e. The highest BCUT2D eigenvalue weighted by Gasteiger charge is 2.81. The number of fused-ring (bicyclic) bond motifs is 1. The fourth-order valence-electron chi connectivity index (χ4n) is 2.79. The molecule has 2 fully saturated rings. The minimum atomic E-state index is -4.18. The summed E-state index contributed by atoms with van der Waals surface area (Å²) in [5, 5.41) is 5.42. The van der Waals surface area contributed by atoms with Crippen LogP contribution < -0.4 is 10.6 Å². The molecule has 1 heterocycles. The second-order valence-electron chi connectivity index (χ2n) is 5.51. The second kappa shape index (κ2) is 3.60. The van der Waals surface area contributed by atoms with Gasteiger partial charge in [0.25, 0.3) is 0 Å². The number of amides is 1. The van der Waals surface area contributed by atoms with Gasteiger partial charge in [-0.1, -0.05) is 13.8 Å². The van der Waals surface area contributed by atoms with Gasteiger partial charge in [0, 0.05) is 31.0 Å². The Balaban J connectivity index is 2.01. The quantitative estimate of drug-likeness (QED) is 0.792. The van der Waals surface area contributed by atoms with Crippen LogP contribution in [0.4, 0.5) is 13.2 Å². The number of rotatable bonds is 3. The lowest BCUT2D eigenvalue weighted by Gasteiger charge is -2.21. The molecule has 0 radical (unpaired) electrons. The molecule has 0 aromatic heterocycles. The number of nitrogens with one attached hydrogen (secondary N) is 2. The van der Waals surface area contributed by atoms with Crippen LogP contribution in [0.25, 0.3) is 0 Å². The first kappa shape index (κ1) is 12.7. The number of hydrogen-bond donors (Lipinski definition) is 2. The molecule has 17 heavy (non-hydrogen) atoms. The molecule has 1 saturated carbocycles. The molecular formula is C11H17F3N2O. The molecule has 2 rings (SSSR count). The monoisotopic (exact) mass is 250 g/mol. The smallest absolute Gasteiger partial charge is 0.355 e. The third kappa shape index (κ3) is 1.73. The van der Waals surface area contributed by atoms with Gasteiger partial charge in [-0.2, -0.15) is 13.2 Å². The van der Waals surface area contributed by atoms with E-state index in [2.05, 4.69) is 10.6 Å². The van der Waals surface area contributed by atoms with Crippen molar-refractivity contribution in [1.82, 2.24) is 10.6 Å². The lowest BCUT2D eigenvalue weighted by Crippen LogP contribution is -2.38. The largest absolute Gasteiger partial charge is 0.396 e. The van der Waals surface area contributed by atoms with Gasteiger partial charge in [-0.3, -0.25) is 4.79 Å². The molecule has 0 aromatic carbocycles. The molecule has 1 aliphatic heterocycles. The van der Waals surface area contributed by atoms with E-state index in [9.17, 15) is 18.0 Å². The van der Waals surface area contributed by atoms with Gasteiger partial charge < -0.3 is 10.6 Å². The summed E-state index contributed by atoms with van der Waals surface area (Å²) in [7, 11) is 0. The van der Waals surface area contributed by atoms with Gasteiger partial charge in [-0.05, 0) is 6.42 Å². The predicted molar refractivity (Wildman–Crippen MR) is 56.3 cm³/mol. The Morgan fingerprint density at radius 3 is 2.53 bits per heavy atom. The van der Waals surface area contributed by atoms with Crippen molar-refractivity contribution in [1.29, 1.82) is 0 Å². The zero-order valence-corrected chi connectivity index (χ0v) is 9.95. The Morgan fingerprint density at radius 1 is 1.41 bits per heavy atom. The van der Waals surface area contributed by atoms with Crippen LogP contribution in [0.3, 0.4) is 0 Å². The summed E-state index contributed by atoms with van der Waals surface area (Å²) in [5.74, 6) is -0.381. The molecule has 0 aromatic rings. The van der Waals surface area contributed by atoms with E-state index in [1.807, 2.05) is 0 Å². The normalized spacial score (nSPS) is 35.9. The van der Waals surface area contributed by atoms with Crippen LogP contribution in [0.5, 0.6) is 0 Å². The van der Waals surface area contributed by atoms with Crippen molar-refractivity contribution in [2.75, 3.05) is 19.6 Å². The lowest BCUT2D eigenvalue weighted by atomic mass is 9.95. The summed E-state index contributed by atoms with van der Waals surface area (Å²) in [5.41, 5.74) is -2.42. The molecule has 0 spiro atoms. The highest BCUT2D eigenvalue weighted by molar-refractivity contribution is 5.77. The summed E-state index contributed by atoms with van der Waals surface area (Å²) in [6.07, 6.45) is -4.05. The summed E-state index contributed by atoms with van der Waals surface area (Å²) >= 11 is 0. The maximum absolute atomic E-state index is 13.0. The van der Waals surface area contributed by atoms with Crippen LogP contribution in [0.2, 0.25) is 0 Å². The Labute approximate surface area is 98.1 Å². The minimum absolute atomic E-state index is 0.0198. The van der Waals surface area contributed by atoms with Crippen molar-refractivity contribution in [3.8, 4) is 0 Å². The molecule has 98 valence electrons. The van der Waals surface area contributed by atoms with Gasteiger partial charge in [0.05, 0.1) is 5.41 Å². The van der Waals surface area contributed by atoms with Crippen LogP contribution in [-0.4, -0.2) is 31.7 Å². The van der Waals surface area contributed by atoms with Crippen molar-refractivity contribution < 1.29 is 18.0 Å². The summed E-state index contributed by atoms with van der Waals surface area (Å²) in [4.78, 5) is 11.4. The molecule has 6 heteroatoms. The van der Waals surface area contributed by atoms with Crippen molar-refractivity contribution in [3.63, 3.8) is 0 Å². The number of hydrogen-bond acceptors (Lipinski definition) is 2. The van der Waals surface area contributed by atoms with Crippen LogP contribution >= 0.6 is 0 Å². The fraction of sp³-hybridized carbons (Fsp3) is 0.909. The van der Waals surface area contributed by atoms with Crippen LogP contribution in [-0.2, 0) is 4.79 Å². The lowest BCUT2D eigenvalue weighted by molar-refractivity contribution is -0.190. The molecule has 2 aliphatic rings. The molecule has 0 bridgehead atoms. The summed E-state index contributed by atoms with van der Waals surface area (Å²) < 4.78 is 38.9. The van der Waals surface area contributed by atoms with Crippen molar-refractivity contribution >= 4 is 5.91 Å². The second-order valence-corrected chi connectivity index (χ2v) is 5.51. The van der Waals surface area contributed by atoms with Gasteiger partial charge in [0.15, 0.2) is 0 Å². The first-order chi connectivity index (χ1) is 7.74. The standard InChI is InChI=1S/C11H17F3N2O/c1-7(2)8(17)16-5-9-3-10(9,6-15-4-9)11(12,13)14/h7,15H,3-6H2,1-2H3,(H,16,17)/t9-,10-/m1/s1. The molecule has 1 aliphatic carbocycles. The molecule has 2 atom stereocenters. The Hall–Kier alpha value is -0.780. The average Bonchev–Trinajstić information content (AvgIpc) is 2.73. The number of carbonyl (C=O) groups is 1. The van der Waals surface area contributed by atoms with Crippen molar-refractivity contribution in [2.45, 2.75) is 26.4 Å². The molecule has 1 amide bonds. The number of halogens is 3. The maximum Gasteiger partial charge on any atom is 0.396 e. The van der Waals surface area contributed by atoms with Gasteiger partial charge in [-0.15, -0.1) is 0 Å². The first-order valence-corrected chi connectivity index (χ1v) is 5.79. The number of piperidine rings is 1. The van der Waals surface area contributed by atoms with Crippen LogP contribution in [0.1, 0.15) is 20.3 Å². The summed E-state index contributed by atoms with van der Waals surface area (Å²) in [6.45, 7) is 3.89. The topological polar surface area (TPSA) is 41.1 Å². The zero-order chi connectivity index (χ0) is 12.9. The third-order valence-corrected chi connectivity index (χ3v) is 4.09. The average molecular weight is 250 g/mol. The highest BCUT2D eigenvalue weighted by Crippen LogP contribution is 2.72. The molecule has 0 unspecified atom stereocenters. The molecule has 2 N–H and O–H groups in total. The third-order valence-electron chi connectivity index (χ3n) is 4.09. The van der Waals surface area contributed by atoms with E-state index in [0.717, 1.165) is 0 Å². The zero-order valence-electron chi connectivity index (χ0n) is 9.95. The Kier molecular flexibility index (Phi) is 2.69. The fourth-order valence-corrected chi connectivity index (χ4v) is 2.79. The molecular weight excluding hydrogens is 233 g/mol. The summed E-state index contributed by atoms with van der Waals surface area (Å²) in [6, 6.07) is 0. The van der Waals surface area contributed by atoms with E-state index in [1.165, 1.54) is 0 Å². The van der Waals surface area contributed by atoms with Gasteiger partial charge >= 0.3 is 6.18 Å². The van der Waals surface area contributed by atoms with E-state index in [-0.39, 0.29) is 31.3 Å². The Bertz CT molecular complexity index is 342. The van der Waals surface area contributed by atoms with E-state index in [4.69, 9.17) is 0 Å². The van der Waals surface area contributed by atoms with E-state index >= 15 is 0 Å². The van der Waals surface area contributed by atoms with Gasteiger partial charge in [0.2, 0.25) is 5.91 Å². The maximum atomic E-state index is 13.0. The van der Waals surface area contributed by atoms with Gasteiger partial charge in [0.1, 0.15) is 0 Å². The van der Waals surface area contributed by atoms with Crippen molar-refractivity contribution in [3.05, 3.63) is 0 Å². The van der Waals surface area contributed by atoms with Crippen molar-refractivity contribution in [2.24, 2.45) is 16.7 Å². The highest BCUT2D eigenvalue weighted by atomic mass is 19.4. The van der Waals surface area contributed by atoms with Crippen LogP contribution in [0.15, 0.2) is 0 Å². The predicted octanol–water partition coefficient (Wildman–Crippen LogP) is 1.30. The SMILES string of the molecule is CC(C)C(=O)NC[C@@]12CNC[C@]1(C(F)(F)F)C2. The molecule has 3 nitrogen and oxygen atoms in total.